The number of azide groups is 1. The lowest BCUT2D eigenvalue weighted by Gasteiger charge is -2.36. The Balaban J connectivity index is 1.99. The summed E-state index contributed by atoms with van der Waals surface area (Å²) in [5.41, 5.74) is 14.2. The Bertz CT molecular complexity index is 1240. The second-order valence-corrected chi connectivity index (χ2v) is 7.24. The fourth-order valence-electron chi connectivity index (χ4n) is 4.42. The average molecular weight is 408 g/mol. The Morgan fingerprint density at radius 1 is 1.23 bits per heavy atom. The summed E-state index contributed by atoms with van der Waals surface area (Å²) >= 11 is 0. The number of amides is 1. The molecule has 0 saturated heterocycles. The standard InChI is InChI=1S/C20H16N4O6/c1-6-7-2-3-11(23-24-22)19(29)14(7)18(28)10-4-8-9(16(26)13(6)10)5-12(25)15(17(8)27)20(21)30/h2-3,5-6,10,25-27,29H,4H2,1H3,(H2,21,30). The first-order valence-electron chi connectivity index (χ1n) is 8.95. The number of carbonyl (C=O) groups excluding carboxylic acids is 2. The molecule has 0 bridgehead atoms. The average Bonchev–Trinajstić information content (AvgIpc) is 2.68. The number of aromatic hydroxyl groups is 3. The molecule has 4 rings (SSSR count). The lowest BCUT2D eigenvalue weighted by atomic mass is 9.66. The zero-order valence-corrected chi connectivity index (χ0v) is 15.6. The molecule has 0 saturated carbocycles. The molecule has 2 aliphatic rings. The molecule has 10 heteroatoms. The number of Topliss-reactive ketones (excluding diaryl/α,β-unsaturated/α-hetero) is 1. The van der Waals surface area contributed by atoms with E-state index in [0.717, 1.165) is 6.07 Å². The summed E-state index contributed by atoms with van der Waals surface area (Å²) < 4.78 is 0. The van der Waals surface area contributed by atoms with Gasteiger partial charge in [-0.15, -0.1) is 0 Å². The summed E-state index contributed by atoms with van der Waals surface area (Å²) in [7, 11) is 0. The highest BCUT2D eigenvalue weighted by Crippen LogP contribution is 2.52. The van der Waals surface area contributed by atoms with Gasteiger partial charge in [0.1, 0.15) is 28.6 Å². The van der Waals surface area contributed by atoms with Crippen LogP contribution in [0.25, 0.3) is 16.2 Å². The van der Waals surface area contributed by atoms with Gasteiger partial charge in [-0.3, -0.25) is 9.59 Å². The molecule has 152 valence electrons. The third kappa shape index (κ3) is 2.41. The summed E-state index contributed by atoms with van der Waals surface area (Å²) in [6.45, 7) is 1.74. The Morgan fingerprint density at radius 3 is 2.57 bits per heavy atom. The molecule has 0 fully saturated rings. The number of ketones is 1. The third-order valence-corrected chi connectivity index (χ3v) is 5.78. The zero-order valence-electron chi connectivity index (χ0n) is 15.6. The molecule has 0 radical (unpaired) electrons. The molecule has 2 atom stereocenters. The molecule has 2 unspecified atom stereocenters. The van der Waals surface area contributed by atoms with Gasteiger partial charge in [0, 0.05) is 22.0 Å². The molecule has 0 aromatic heterocycles. The predicted molar refractivity (Wildman–Crippen MR) is 105 cm³/mol. The molecule has 2 aromatic carbocycles. The summed E-state index contributed by atoms with van der Waals surface area (Å²) in [5, 5.41) is 45.4. The molecule has 10 nitrogen and oxygen atoms in total. The van der Waals surface area contributed by atoms with E-state index in [4.69, 9.17) is 11.3 Å². The Kier molecular flexibility index (Phi) is 4.11. The minimum atomic E-state index is -1.06. The molecular weight excluding hydrogens is 392 g/mol. The summed E-state index contributed by atoms with van der Waals surface area (Å²) in [6.07, 6.45) is -0.0884. The lowest BCUT2D eigenvalue weighted by Crippen LogP contribution is -2.33. The predicted octanol–water partition coefficient (Wildman–Crippen LogP) is 3.29. The SMILES string of the molecule is CC1C2=C(O)c3cc(O)c(C(N)=O)c(O)c3CC2C(=O)c2c1ccc(N=[N+]=[N-])c2O. The van der Waals surface area contributed by atoms with Gasteiger partial charge in [0.25, 0.3) is 5.91 Å². The second kappa shape index (κ2) is 6.43. The summed E-state index contributed by atoms with van der Waals surface area (Å²) in [6, 6.07) is 4.05. The van der Waals surface area contributed by atoms with Crippen LogP contribution in [-0.4, -0.2) is 32.1 Å². The van der Waals surface area contributed by atoms with Crippen LogP contribution in [0.4, 0.5) is 5.69 Å². The van der Waals surface area contributed by atoms with Crippen LogP contribution in [0.5, 0.6) is 17.2 Å². The van der Waals surface area contributed by atoms with Gasteiger partial charge in [-0.2, -0.15) is 0 Å². The Hall–Kier alpha value is -4.17. The highest BCUT2D eigenvalue weighted by atomic mass is 16.3. The Labute approximate surface area is 169 Å². The van der Waals surface area contributed by atoms with E-state index in [1.807, 2.05) is 0 Å². The lowest BCUT2D eigenvalue weighted by molar-refractivity contribution is 0.0921. The van der Waals surface area contributed by atoms with Crippen LogP contribution in [0.1, 0.15) is 50.2 Å². The van der Waals surface area contributed by atoms with Gasteiger partial charge in [-0.1, -0.05) is 18.1 Å². The van der Waals surface area contributed by atoms with E-state index < -0.39 is 46.3 Å². The molecule has 0 spiro atoms. The third-order valence-electron chi connectivity index (χ3n) is 5.78. The molecule has 30 heavy (non-hydrogen) atoms. The van der Waals surface area contributed by atoms with Crippen molar-refractivity contribution in [3.63, 3.8) is 0 Å². The number of phenolic OH excluding ortho intramolecular Hbond substituents is 1. The number of hydrogen-bond acceptors (Lipinski definition) is 7. The Morgan fingerprint density at radius 2 is 1.93 bits per heavy atom. The van der Waals surface area contributed by atoms with E-state index in [1.54, 1.807) is 13.0 Å². The van der Waals surface area contributed by atoms with E-state index in [0.29, 0.717) is 11.1 Å². The number of hydrogen-bond donors (Lipinski definition) is 5. The van der Waals surface area contributed by atoms with Crippen molar-refractivity contribution in [2.24, 2.45) is 16.8 Å². The number of fused-ring (bicyclic) bond motifs is 3. The zero-order chi connectivity index (χ0) is 21.9. The van der Waals surface area contributed by atoms with E-state index in [1.165, 1.54) is 6.07 Å². The van der Waals surface area contributed by atoms with Crippen molar-refractivity contribution in [1.29, 1.82) is 0 Å². The van der Waals surface area contributed by atoms with Gasteiger partial charge < -0.3 is 26.2 Å². The van der Waals surface area contributed by atoms with Crippen LogP contribution in [-0.2, 0) is 6.42 Å². The number of allylic oxidation sites excluding steroid dienone is 1. The minimum absolute atomic E-state index is 0.0224. The minimum Gasteiger partial charge on any atom is -0.507 e. The first kappa shape index (κ1) is 19.2. The maximum atomic E-state index is 13.3. The maximum Gasteiger partial charge on any atom is 0.256 e. The van der Waals surface area contributed by atoms with Crippen LogP contribution in [0, 0.1) is 5.92 Å². The van der Waals surface area contributed by atoms with E-state index in [9.17, 15) is 30.0 Å². The van der Waals surface area contributed by atoms with Crippen LogP contribution in [0.3, 0.4) is 0 Å². The highest BCUT2D eigenvalue weighted by molar-refractivity contribution is 6.08. The monoisotopic (exact) mass is 408 g/mol. The van der Waals surface area contributed by atoms with Crippen molar-refractivity contribution in [1.82, 2.24) is 0 Å². The smallest absolute Gasteiger partial charge is 0.256 e. The van der Waals surface area contributed by atoms with Crippen molar-refractivity contribution < 1.29 is 30.0 Å². The molecular formula is C20H16N4O6. The number of aliphatic hydroxyl groups is 1. The number of aliphatic hydroxyl groups excluding tert-OH is 1. The number of benzene rings is 2. The number of nitrogens with two attached hydrogens (primary N) is 1. The topological polar surface area (TPSA) is 190 Å². The molecule has 2 aliphatic carbocycles. The second-order valence-electron chi connectivity index (χ2n) is 7.24. The van der Waals surface area contributed by atoms with Gasteiger partial charge in [-0.25, -0.2) is 0 Å². The van der Waals surface area contributed by atoms with Gasteiger partial charge >= 0.3 is 0 Å². The van der Waals surface area contributed by atoms with E-state index in [-0.39, 0.29) is 34.6 Å². The highest BCUT2D eigenvalue weighted by Gasteiger charge is 2.44. The normalized spacial score (nSPS) is 19.4. The van der Waals surface area contributed by atoms with Gasteiger partial charge in [-0.05, 0) is 35.2 Å². The quantitative estimate of drug-likeness (QED) is 0.288. The van der Waals surface area contributed by atoms with E-state index >= 15 is 0 Å². The number of carbonyl (C=O) groups is 2. The number of phenols is 3. The van der Waals surface area contributed by atoms with Crippen molar-refractivity contribution in [3.05, 3.63) is 62.0 Å². The van der Waals surface area contributed by atoms with Crippen LogP contribution >= 0.6 is 0 Å². The number of primary amides is 1. The molecule has 6 N–H and O–H groups in total. The largest absolute Gasteiger partial charge is 0.507 e. The molecule has 0 heterocycles. The molecule has 1 amide bonds. The molecule has 0 aliphatic heterocycles. The fraction of sp³-hybridized carbons (Fsp3) is 0.200. The van der Waals surface area contributed by atoms with Gasteiger partial charge in [0.05, 0.1) is 17.2 Å². The van der Waals surface area contributed by atoms with Crippen LogP contribution in [0.15, 0.2) is 28.9 Å². The van der Waals surface area contributed by atoms with Gasteiger partial charge in [0.15, 0.2) is 5.78 Å². The first-order valence-corrected chi connectivity index (χ1v) is 8.95. The summed E-state index contributed by atoms with van der Waals surface area (Å²) in [5.74, 6) is -4.99. The van der Waals surface area contributed by atoms with E-state index in [2.05, 4.69) is 10.0 Å². The number of rotatable bonds is 2. The number of nitrogens with zero attached hydrogens (tertiary/aromatic N) is 3. The van der Waals surface area contributed by atoms with Crippen molar-refractivity contribution >= 4 is 23.1 Å². The van der Waals surface area contributed by atoms with Crippen molar-refractivity contribution in [2.45, 2.75) is 19.3 Å². The van der Waals surface area contributed by atoms with Gasteiger partial charge in [0.2, 0.25) is 0 Å². The van der Waals surface area contributed by atoms with Crippen LogP contribution < -0.4 is 5.73 Å². The molecule has 2 aromatic rings. The fourth-order valence-corrected chi connectivity index (χ4v) is 4.42. The summed E-state index contributed by atoms with van der Waals surface area (Å²) in [4.78, 5) is 27.5. The van der Waals surface area contributed by atoms with Crippen molar-refractivity contribution in [3.8, 4) is 17.2 Å². The van der Waals surface area contributed by atoms with Crippen LogP contribution in [0.2, 0.25) is 0 Å². The maximum absolute atomic E-state index is 13.3. The first-order chi connectivity index (χ1) is 14.2. The van der Waals surface area contributed by atoms with Crippen molar-refractivity contribution in [2.75, 3.05) is 0 Å².